The Hall–Kier alpha value is -3.11. The van der Waals surface area contributed by atoms with E-state index in [2.05, 4.69) is 15.4 Å². The fourth-order valence-electron chi connectivity index (χ4n) is 4.50. The molecule has 9 nitrogen and oxygen atoms in total. The van der Waals surface area contributed by atoms with E-state index < -0.39 is 10.0 Å². The standard InChI is InChI=1S/C23H26N6O3S/c1-17-7-3-4-8-20(17)23-24-26-29(25-23)16-22(30)28-14-11-18-15-19(9-10-21(18)28)33(31,32)27-12-5-2-6-13-27/h3-4,7-10,15H,2,5-6,11-14,16H2,1H3. The third kappa shape index (κ3) is 4.16. The lowest BCUT2D eigenvalue weighted by molar-refractivity contribution is -0.119. The minimum absolute atomic E-state index is 0.0356. The summed E-state index contributed by atoms with van der Waals surface area (Å²) in [6.45, 7) is 3.58. The number of amides is 1. The van der Waals surface area contributed by atoms with E-state index >= 15 is 0 Å². The summed E-state index contributed by atoms with van der Waals surface area (Å²) in [7, 11) is -3.50. The highest BCUT2D eigenvalue weighted by Gasteiger charge is 2.30. The molecule has 0 bridgehead atoms. The molecule has 10 heteroatoms. The lowest BCUT2D eigenvalue weighted by Gasteiger charge is -2.26. The van der Waals surface area contributed by atoms with Crippen molar-refractivity contribution >= 4 is 21.6 Å². The number of aromatic nitrogens is 4. The Labute approximate surface area is 193 Å². The SMILES string of the molecule is Cc1ccccc1-c1nnn(CC(=O)N2CCc3cc(S(=O)(=O)N4CCCCC4)ccc32)n1. The maximum absolute atomic E-state index is 13.0. The van der Waals surface area contributed by atoms with Gasteiger partial charge in [0.1, 0.15) is 6.54 Å². The van der Waals surface area contributed by atoms with Gasteiger partial charge in [0.15, 0.2) is 0 Å². The Kier molecular flexibility index (Phi) is 5.71. The van der Waals surface area contributed by atoms with Crippen molar-refractivity contribution in [2.75, 3.05) is 24.5 Å². The summed E-state index contributed by atoms with van der Waals surface area (Å²) in [5, 5.41) is 12.5. The van der Waals surface area contributed by atoms with Gasteiger partial charge in [-0.25, -0.2) is 8.42 Å². The normalized spacial score (nSPS) is 16.7. The lowest BCUT2D eigenvalue weighted by atomic mass is 10.1. The molecule has 172 valence electrons. The molecule has 5 rings (SSSR count). The summed E-state index contributed by atoms with van der Waals surface area (Å²) in [6.07, 6.45) is 3.48. The zero-order chi connectivity index (χ0) is 23.0. The average molecular weight is 467 g/mol. The molecule has 2 aliphatic rings. The molecule has 3 aromatic rings. The summed E-state index contributed by atoms with van der Waals surface area (Å²) in [6, 6.07) is 12.8. The van der Waals surface area contributed by atoms with Gasteiger partial charge >= 0.3 is 0 Å². The van der Waals surface area contributed by atoms with Crippen LogP contribution in [0.1, 0.15) is 30.4 Å². The first-order valence-corrected chi connectivity index (χ1v) is 12.6. The van der Waals surface area contributed by atoms with Crippen LogP contribution in [0.5, 0.6) is 0 Å². The van der Waals surface area contributed by atoms with Crippen molar-refractivity contribution in [2.24, 2.45) is 0 Å². The number of carbonyl (C=O) groups is 1. The molecule has 2 aromatic carbocycles. The largest absolute Gasteiger partial charge is 0.310 e. The predicted molar refractivity (Wildman–Crippen MR) is 123 cm³/mol. The van der Waals surface area contributed by atoms with Gasteiger partial charge in [-0.05, 0) is 60.7 Å². The predicted octanol–water partition coefficient (Wildman–Crippen LogP) is 2.41. The van der Waals surface area contributed by atoms with Crippen LogP contribution >= 0.6 is 0 Å². The minimum Gasteiger partial charge on any atom is -0.310 e. The smallest absolute Gasteiger partial charge is 0.250 e. The lowest BCUT2D eigenvalue weighted by Crippen LogP contribution is -2.35. The van der Waals surface area contributed by atoms with Crippen molar-refractivity contribution in [3.05, 3.63) is 53.6 Å². The Morgan fingerprint density at radius 3 is 2.61 bits per heavy atom. The number of nitrogens with zero attached hydrogens (tertiary/aromatic N) is 6. The highest BCUT2D eigenvalue weighted by atomic mass is 32.2. The Morgan fingerprint density at radius 2 is 1.82 bits per heavy atom. The van der Waals surface area contributed by atoms with Crippen LogP contribution in [0.4, 0.5) is 5.69 Å². The first kappa shape index (κ1) is 21.7. The number of piperidine rings is 1. The number of anilines is 1. The third-order valence-corrected chi connectivity index (χ3v) is 8.21. The van der Waals surface area contributed by atoms with E-state index in [0.29, 0.717) is 36.8 Å². The molecule has 0 saturated carbocycles. The summed E-state index contributed by atoms with van der Waals surface area (Å²) in [4.78, 5) is 16.3. The van der Waals surface area contributed by atoms with Gasteiger partial charge in [-0.15, -0.1) is 10.2 Å². The van der Waals surface area contributed by atoms with Gasteiger partial charge in [0.25, 0.3) is 5.91 Å². The number of rotatable bonds is 5. The molecule has 2 aliphatic heterocycles. The second kappa shape index (κ2) is 8.68. The van der Waals surface area contributed by atoms with Crippen LogP contribution in [0, 0.1) is 6.92 Å². The van der Waals surface area contributed by atoms with Crippen molar-refractivity contribution in [1.29, 1.82) is 0 Å². The molecular weight excluding hydrogens is 440 g/mol. The zero-order valence-corrected chi connectivity index (χ0v) is 19.3. The van der Waals surface area contributed by atoms with Gasteiger partial charge in [0.2, 0.25) is 15.8 Å². The number of benzene rings is 2. The Balaban J connectivity index is 1.32. The van der Waals surface area contributed by atoms with E-state index in [0.717, 1.165) is 41.6 Å². The molecule has 1 amide bonds. The molecule has 0 spiro atoms. The van der Waals surface area contributed by atoms with E-state index in [1.807, 2.05) is 31.2 Å². The second-order valence-corrected chi connectivity index (χ2v) is 10.4. The first-order valence-electron chi connectivity index (χ1n) is 11.2. The van der Waals surface area contributed by atoms with Gasteiger partial charge in [-0.2, -0.15) is 9.10 Å². The molecule has 1 fully saturated rings. The van der Waals surface area contributed by atoms with Crippen molar-refractivity contribution in [3.8, 4) is 11.4 Å². The van der Waals surface area contributed by atoms with Gasteiger partial charge in [0.05, 0.1) is 4.90 Å². The maximum atomic E-state index is 13.0. The first-order chi connectivity index (χ1) is 15.9. The molecule has 0 atom stereocenters. The van der Waals surface area contributed by atoms with Gasteiger partial charge in [-0.3, -0.25) is 4.79 Å². The van der Waals surface area contributed by atoms with Crippen molar-refractivity contribution < 1.29 is 13.2 Å². The summed E-state index contributed by atoms with van der Waals surface area (Å²) >= 11 is 0. The number of fused-ring (bicyclic) bond motifs is 1. The molecule has 1 saturated heterocycles. The molecule has 1 aromatic heterocycles. The van der Waals surface area contributed by atoms with E-state index in [-0.39, 0.29) is 12.5 Å². The van der Waals surface area contributed by atoms with E-state index in [1.54, 1.807) is 27.4 Å². The third-order valence-electron chi connectivity index (χ3n) is 6.32. The molecule has 3 heterocycles. The highest BCUT2D eigenvalue weighted by molar-refractivity contribution is 7.89. The second-order valence-electron chi connectivity index (χ2n) is 8.51. The minimum atomic E-state index is -3.50. The van der Waals surface area contributed by atoms with Crippen molar-refractivity contribution in [1.82, 2.24) is 24.5 Å². The molecule has 0 aliphatic carbocycles. The number of hydrogen-bond donors (Lipinski definition) is 0. The Morgan fingerprint density at radius 1 is 1.03 bits per heavy atom. The van der Waals surface area contributed by atoms with Crippen molar-refractivity contribution in [2.45, 2.75) is 44.0 Å². The van der Waals surface area contributed by atoms with Crippen LogP contribution in [0.3, 0.4) is 0 Å². The van der Waals surface area contributed by atoms with Crippen LogP contribution in [0.25, 0.3) is 11.4 Å². The highest BCUT2D eigenvalue weighted by Crippen LogP contribution is 2.32. The van der Waals surface area contributed by atoms with Gasteiger partial charge < -0.3 is 4.90 Å². The van der Waals surface area contributed by atoms with Gasteiger partial charge in [0, 0.05) is 30.9 Å². The molecule has 0 unspecified atom stereocenters. The Bertz CT molecular complexity index is 1300. The van der Waals surface area contributed by atoms with E-state index in [4.69, 9.17) is 0 Å². The summed E-state index contributed by atoms with van der Waals surface area (Å²) in [5.41, 5.74) is 3.53. The monoisotopic (exact) mass is 466 g/mol. The van der Waals surface area contributed by atoms with Gasteiger partial charge in [-0.1, -0.05) is 30.7 Å². The summed E-state index contributed by atoms with van der Waals surface area (Å²) in [5.74, 6) is 0.324. The van der Waals surface area contributed by atoms with E-state index in [9.17, 15) is 13.2 Å². The van der Waals surface area contributed by atoms with Crippen LogP contribution in [0.15, 0.2) is 47.4 Å². The van der Waals surface area contributed by atoms with Crippen LogP contribution in [-0.4, -0.2) is 58.5 Å². The number of aryl methyl sites for hydroxylation is 1. The average Bonchev–Trinajstić information content (AvgIpc) is 3.46. The number of carbonyl (C=O) groups excluding carboxylic acids is 1. The van der Waals surface area contributed by atoms with Crippen LogP contribution in [-0.2, 0) is 27.8 Å². The molecule has 0 radical (unpaired) electrons. The molecule has 33 heavy (non-hydrogen) atoms. The summed E-state index contributed by atoms with van der Waals surface area (Å²) < 4.78 is 27.6. The number of hydrogen-bond acceptors (Lipinski definition) is 6. The quantitative estimate of drug-likeness (QED) is 0.572. The fourth-order valence-corrected chi connectivity index (χ4v) is 6.07. The molecular formula is C23H26N6O3S. The maximum Gasteiger partial charge on any atom is 0.250 e. The van der Waals surface area contributed by atoms with Crippen molar-refractivity contribution in [3.63, 3.8) is 0 Å². The number of tetrazole rings is 1. The fraction of sp³-hybridized carbons (Fsp3) is 0.391. The topological polar surface area (TPSA) is 101 Å². The van der Waals surface area contributed by atoms with Crippen LogP contribution in [0.2, 0.25) is 0 Å². The zero-order valence-electron chi connectivity index (χ0n) is 18.5. The van der Waals surface area contributed by atoms with Crippen LogP contribution < -0.4 is 4.90 Å². The number of sulfonamides is 1. The van der Waals surface area contributed by atoms with E-state index in [1.165, 1.54) is 4.80 Å². The molecule has 0 N–H and O–H groups in total.